The van der Waals surface area contributed by atoms with Crippen LogP contribution in [0.25, 0.3) is 11.3 Å². The van der Waals surface area contributed by atoms with E-state index in [4.69, 9.17) is 4.42 Å². The summed E-state index contributed by atoms with van der Waals surface area (Å²) in [4.78, 5) is 4.37. The van der Waals surface area contributed by atoms with E-state index in [0.717, 1.165) is 43.1 Å². The third kappa shape index (κ3) is 4.59. The summed E-state index contributed by atoms with van der Waals surface area (Å²) >= 11 is 2.32. The maximum Gasteiger partial charge on any atom is 0.194 e. The van der Waals surface area contributed by atoms with Crippen molar-refractivity contribution in [1.82, 2.24) is 10.3 Å². The Morgan fingerprint density at radius 3 is 2.85 bits per heavy atom. The van der Waals surface area contributed by atoms with Gasteiger partial charge < -0.3 is 9.73 Å². The minimum atomic E-state index is 0.698. The summed E-state index contributed by atoms with van der Waals surface area (Å²) in [6.45, 7) is 6.52. The van der Waals surface area contributed by atoms with Gasteiger partial charge in [-0.2, -0.15) is 0 Å². The van der Waals surface area contributed by atoms with E-state index in [1.54, 1.807) is 0 Å². The van der Waals surface area contributed by atoms with Crippen LogP contribution in [-0.4, -0.2) is 18.1 Å². The summed E-state index contributed by atoms with van der Waals surface area (Å²) < 4.78 is 7.02. The van der Waals surface area contributed by atoms with E-state index in [9.17, 15) is 0 Å². The fraction of sp³-hybridized carbons (Fsp3) is 0.438. The molecular weight excluding hydrogens is 363 g/mol. The topological polar surface area (TPSA) is 38.1 Å². The largest absolute Gasteiger partial charge is 0.441 e. The maximum absolute atomic E-state index is 5.83. The van der Waals surface area contributed by atoms with Crippen molar-refractivity contribution in [2.24, 2.45) is 5.92 Å². The Kier molecular flexibility index (Phi) is 6.04. The van der Waals surface area contributed by atoms with Crippen LogP contribution in [0.3, 0.4) is 0 Å². The minimum Gasteiger partial charge on any atom is -0.441 e. The molecule has 0 aliphatic rings. The molecule has 0 saturated carbocycles. The first-order valence-electron chi connectivity index (χ1n) is 7.07. The van der Waals surface area contributed by atoms with Gasteiger partial charge in [0.2, 0.25) is 0 Å². The third-order valence-electron chi connectivity index (χ3n) is 2.99. The van der Waals surface area contributed by atoms with Crippen LogP contribution in [0, 0.1) is 9.49 Å². The summed E-state index contributed by atoms with van der Waals surface area (Å²) in [5.74, 6) is 2.38. The highest BCUT2D eigenvalue weighted by atomic mass is 127. The van der Waals surface area contributed by atoms with Crippen LogP contribution in [0.1, 0.15) is 26.2 Å². The van der Waals surface area contributed by atoms with Gasteiger partial charge in [-0.15, -0.1) is 0 Å². The first-order valence-corrected chi connectivity index (χ1v) is 8.15. The molecule has 0 bridgehead atoms. The molecular formula is C16H21IN2O. The van der Waals surface area contributed by atoms with Crippen molar-refractivity contribution in [3.05, 3.63) is 39.9 Å². The molecule has 0 fully saturated rings. The fourth-order valence-electron chi connectivity index (χ4n) is 1.97. The van der Waals surface area contributed by atoms with Gasteiger partial charge in [0.15, 0.2) is 11.7 Å². The Bertz CT molecular complexity index is 537. The van der Waals surface area contributed by atoms with Crippen LogP contribution >= 0.6 is 22.6 Å². The molecule has 1 aromatic heterocycles. The van der Waals surface area contributed by atoms with Crippen molar-refractivity contribution in [1.29, 1.82) is 0 Å². The maximum atomic E-state index is 5.83. The standard InChI is InChI=1S/C16H21IN2O/c1-12(2)10-18-9-5-8-16-19-11-15(20-16)13-6-3-4-7-14(13)17/h3-4,6-7,11-12,18H,5,8-10H2,1-2H3. The zero-order valence-corrected chi connectivity index (χ0v) is 14.2. The predicted octanol–water partition coefficient (Wildman–Crippen LogP) is 4.12. The fourth-order valence-corrected chi connectivity index (χ4v) is 2.62. The number of rotatable bonds is 7. The van der Waals surface area contributed by atoms with Crippen molar-refractivity contribution in [3.8, 4) is 11.3 Å². The van der Waals surface area contributed by atoms with Gasteiger partial charge in [0.05, 0.1) is 6.20 Å². The summed E-state index contributed by atoms with van der Waals surface area (Å²) in [6, 6.07) is 8.20. The van der Waals surface area contributed by atoms with E-state index >= 15 is 0 Å². The van der Waals surface area contributed by atoms with Gasteiger partial charge in [0.25, 0.3) is 0 Å². The number of benzene rings is 1. The smallest absolute Gasteiger partial charge is 0.194 e. The number of hydrogen-bond acceptors (Lipinski definition) is 3. The van der Waals surface area contributed by atoms with Crippen LogP contribution in [0.5, 0.6) is 0 Å². The van der Waals surface area contributed by atoms with E-state index in [1.807, 2.05) is 18.3 Å². The highest BCUT2D eigenvalue weighted by Gasteiger charge is 2.08. The van der Waals surface area contributed by atoms with Crippen LogP contribution in [0.2, 0.25) is 0 Å². The number of nitrogens with one attached hydrogen (secondary N) is 1. The molecule has 0 atom stereocenters. The molecule has 20 heavy (non-hydrogen) atoms. The molecule has 0 aliphatic heterocycles. The summed E-state index contributed by atoms with van der Waals surface area (Å²) in [5.41, 5.74) is 1.12. The van der Waals surface area contributed by atoms with E-state index < -0.39 is 0 Å². The molecule has 1 N–H and O–H groups in total. The summed E-state index contributed by atoms with van der Waals surface area (Å²) in [7, 11) is 0. The molecule has 0 unspecified atom stereocenters. The van der Waals surface area contributed by atoms with Crippen LogP contribution in [-0.2, 0) is 6.42 Å². The van der Waals surface area contributed by atoms with Gasteiger partial charge in [0, 0.05) is 15.6 Å². The first-order chi connectivity index (χ1) is 9.66. The Hall–Kier alpha value is -0.880. The second-order valence-electron chi connectivity index (χ2n) is 5.30. The molecule has 0 aliphatic carbocycles. The monoisotopic (exact) mass is 384 g/mol. The molecule has 1 heterocycles. The highest BCUT2D eigenvalue weighted by molar-refractivity contribution is 14.1. The van der Waals surface area contributed by atoms with Crippen LogP contribution in [0.15, 0.2) is 34.9 Å². The lowest BCUT2D eigenvalue weighted by Crippen LogP contribution is -2.21. The second-order valence-corrected chi connectivity index (χ2v) is 6.46. The van der Waals surface area contributed by atoms with E-state index in [0.29, 0.717) is 5.92 Å². The van der Waals surface area contributed by atoms with E-state index in [2.05, 4.69) is 58.9 Å². The molecule has 2 rings (SSSR count). The lowest BCUT2D eigenvalue weighted by Gasteiger charge is -2.05. The van der Waals surface area contributed by atoms with E-state index in [-0.39, 0.29) is 0 Å². The molecule has 3 nitrogen and oxygen atoms in total. The normalized spacial score (nSPS) is 11.2. The lowest BCUT2D eigenvalue weighted by atomic mass is 10.2. The molecule has 0 saturated heterocycles. The SMILES string of the molecule is CC(C)CNCCCc1ncc(-c2ccccc2I)o1. The van der Waals surface area contributed by atoms with E-state index in [1.165, 1.54) is 3.57 Å². The van der Waals surface area contributed by atoms with Gasteiger partial charge >= 0.3 is 0 Å². The second kappa shape index (κ2) is 7.78. The lowest BCUT2D eigenvalue weighted by molar-refractivity contribution is 0.483. The number of aromatic nitrogens is 1. The predicted molar refractivity (Wildman–Crippen MR) is 90.7 cm³/mol. The van der Waals surface area contributed by atoms with Crippen LogP contribution in [0.4, 0.5) is 0 Å². The summed E-state index contributed by atoms with van der Waals surface area (Å²) in [5, 5.41) is 3.43. The Balaban J connectivity index is 1.85. The summed E-state index contributed by atoms with van der Waals surface area (Å²) in [6.07, 6.45) is 3.77. The van der Waals surface area contributed by atoms with Gasteiger partial charge in [-0.1, -0.05) is 32.0 Å². The van der Waals surface area contributed by atoms with Gasteiger partial charge in [-0.05, 0) is 54.1 Å². The number of oxazole rings is 1. The van der Waals surface area contributed by atoms with Gasteiger partial charge in [-0.3, -0.25) is 0 Å². The third-order valence-corrected chi connectivity index (χ3v) is 3.93. The molecule has 0 amide bonds. The molecule has 0 spiro atoms. The first kappa shape index (κ1) is 15.5. The molecule has 108 valence electrons. The van der Waals surface area contributed by atoms with Crippen molar-refractivity contribution in [3.63, 3.8) is 0 Å². The number of nitrogens with zero attached hydrogens (tertiary/aromatic N) is 1. The average Bonchev–Trinajstić information content (AvgIpc) is 2.87. The van der Waals surface area contributed by atoms with Crippen molar-refractivity contribution < 1.29 is 4.42 Å². The molecule has 4 heteroatoms. The highest BCUT2D eigenvalue weighted by Crippen LogP contribution is 2.25. The quantitative estimate of drug-likeness (QED) is 0.577. The Morgan fingerprint density at radius 2 is 2.10 bits per heavy atom. The van der Waals surface area contributed by atoms with Crippen LogP contribution < -0.4 is 5.32 Å². The van der Waals surface area contributed by atoms with Gasteiger partial charge in [0.1, 0.15) is 0 Å². The zero-order valence-electron chi connectivity index (χ0n) is 12.0. The minimum absolute atomic E-state index is 0.698. The average molecular weight is 384 g/mol. The zero-order chi connectivity index (χ0) is 14.4. The molecule has 2 aromatic rings. The Morgan fingerprint density at radius 1 is 1.30 bits per heavy atom. The van der Waals surface area contributed by atoms with Crippen molar-refractivity contribution >= 4 is 22.6 Å². The van der Waals surface area contributed by atoms with Gasteiger partial charge in [-0.25, -0.2) is 4.98 Å². The Labute approximate surface area is 134 Å². The van der Waals surface area contributed by atoms with Crippen molar-refractivity contribution in [2.75, 3.05) is 13.1 Å². The number of aryl methyl sites for hydroxylation is 1. The van der Waals surface area contributed by atoms with Crippen molar-refractivity contribution in [2.45, 2.75) is 26.7 Å². The number of hydrogen-bond donors (Lipinski definition) is 1. The number of halogens is 1. The molecule has 0 radical (unpaired) electrons. The molecule has 1 aromatic carbocycles.